The zero-order valence-corrected chi connectivity index (χ0v) is 11.3. The standard InChI is InChI=1S/C14H29N/c1-11(2)9-12(3)15-13-7-6-8-14(4,5)10-13/h11-13,15H,6-10H2,1-5H3. The fraction of sp³-hybridized carbons (Fsp3) is 1.00. The summed E-state index contributed by atoms with van der Waals surface area (Å²) in [6.07, 6.45) is 6.85. The van der Waals surface area contributed by atoms with Crippen molar-refractivity contribution in [3.63, 3.8) is 0 Å². The van der Waals surface area contributed by atoms with Gasteiger partial charge in [0.25, 0.3) is 0 Å². The number of hydrogen-bond acceptors (Lipinski definition) is 1. The van der Waals surface area contributed by atoms with Crippen molar-refractivity contribution in [3.05, 3.63) is 0 Å². The molecular weight excluding hydrogens is 182 g/mol. The van der Waals surface area contributed by atoms with Gasteiger partial charge in [-0.1, -0.05) is 34.1 Å². The Hall–Kier alpha value is -0.0400. The monoisotopic (exact) mass is 211 g/mol. The van der Waals surface area contributed by atoms with E-state index in [1.165, 1.54) is 32.1 Å². The van der Waals surface area contributed by atoms with Crippen molar-refractivity contribution < 1.29 is 0 Å². The largest absolute Gasteiger partial charge is 0.311 e. The van der Waals surface area contributed by atoms with E-state index in [1.807, 2.05) is 0 Å². The average Bonchev–Trinajstić information content (AvgIpc) is 1.99. The lowest BCUT2D eigenvalue weighted by Crippen LogP contribution is -2.42. The molecule has 2 atom stereocenters. The van der Waals surface area contributed by atoms with E-state index in [0.29, 0.717) is 11.5 Å². The molecular formula is C14H29N. The van der Waals surface area contributed by atoms with Crippen LogP contribution in [0.2, 0.25) is 0 Å². The van der Waals surface area contributed by atoms with Crippen LogP contribution >= 0.6 is 0 Å². The highest BCUT2D eigenvalue weighted by Crippen LogP contribution is 2.35. The molecule has 1 aliphatic carbocycles. The zero-order chi connectivity index (χ0) is 11.5. The van der Waals surface area contributed by atoms with Crippen molar-refractivity contribution in [3.8, 4) is 0 Å². The van der Waals surface area contributed by atoms with Gasteiger partial charge in [-0.05, 0) is 43.9 Å². The van der Waals surface area contributed by atoms with Gasteiger partial charge in [-0.2, -0.15) is 0 Å². The summed E-state index contributed by atoms with van der Waals surface area (Å²) in [6.45, 7) is 11.8. The number of nitrogens with one attached hydrogen (secondary N) is 1. The first-order chi connectivity index (χ1) is 6.89. The second kappa shape index (κ2) is 5.34. The summed E-state index contributed by atoms with van der Waals surface area (Å²) < 4.78 is 0. The highest BCUT2D eigenvalue weighted by Gasteiger charge is 2.28. The van der Waals surface area contributed by atoms with Gasteiger partial charge in [-0.25, -0.2) is 0 Å². The maximum atomic E-state index is 3.81. The van der Waals surface area contributed by atoms with E-state index in [4.69, 9.17) is 0 Å². The Bertz CT molecular complexity index is 184. The molecule has 0 aromatic heterocycles. The van der Waals surface area contributed by atoms with E-state index in [2.05, 4.69) is 39.9 Å². The molecule has 1 N–H and O–H groups in total. The molecule has 1 fully saturated rings. The van der Waals surface area contributed by atoms with Crippen LogP contribution in [0, 0.1) is 11.3 Å². The Kier molecular flexibility index (Phi) is 4.64. The summed E-state index contributed by atoms with van der Waals surface area (Å²) in [5.41, 5.74) is 0.563. The molecule has 2 unspecified atom stereocenters. The molecule has 0 spiro atoms. The summed E-state index contributed by atoms with van der Waals surface area (Å²) in [6, 6.07) is 1.45. The molecule has 0 saturated heterocycles. The summed E-state index contributed by atoms with van der Waals surface area (Å²) in [4.78, 5) is 0. The molecule has 90 valence electrons. The lowest BCUT2D eigenvalue weighted by molar-refractivity contribution is 0.187. The fourth-order valence-corrected chi connectivity index (χ4v) is 3.02. The SMILES string of the molecule is CC(C)CC(C)NC1CCCC(C)(C)C1. The third-order valence-corrected chi connectivity index (χ3v) is 3.55. The first-order valence-electron chi connectivity index (χ1n) is 6.65. The van der Waals surface area contributed by atoms with Crippen LogP contribution in [0.4, 0.5) is 0 Å². The Morgan fingerprint density at radius 1 is 1.27 bits per heavy atom. The highest BCUT2D eigenvalue weighted by molar-refractivity contribution is 4.84. The van der Waals surface area contributed by atoms with Gasteiger partial charge in [0, 0.05) is 12.1 Å². The second-order valence-electron chi connectivity index (χ2n) is 6.65. The Labute approximate surface area is 96.0 Å². The second-order valence-corrected chi connectivity index (χ2v) is 6.65. The van der Waals surface area contributed by atoms with Gasteiger partial charge < -0.3 is 5.32 Å². The molecule has 1 rings (SSSR count). The van der Waals surface area contributed by atoms with Crippen molar-refractivity contribution in [2.45, 2.75) is 78.8 Å². The van der Waals surface area contributed by atoms with Crippen LogP contribution in [0.25, 0.3) is 0 Å². The lowest BCUT2D eigenvalue weighted by atomic mass is 9.75. The number of hydrogen-bond donors (Lipinski definition) is 1. The summed E-state index contributed by atoms with van der Waals surface area (Å²) in [5.74, 6) is 0.809. The average molecular weight is 211 g/mol. The van der Waals surface area contributed by atoms with E-state index in [-0.39, 0.29) is 0 Å². The molecule has 0 aromatic rings. The van der Waals surface area contributed by atoms with Gasteiger partial charge >= 0.3 is 0 Å². The third-order valence-electron chi connectivity index (χ3n) is 3.55. The van der Waals surface area contributed by atoms with Gasteiger partial charge in [0.2, 0.25) is 0 Å². The fourth-order valence-electron chi connectivity index (χ4n) is 3.02. The van der Waals surface area contributed by atoms with E-state index in [1.54, 1.807) is 0 Å². The Morgan fingerprint density at radius 2 is 1.93 bits per heavy atom. The van der Waals surface area contributed by atoms with E-state index >= 15 is 0 Å². The van der Waals surface area contributed by atoms with Crippen molar-refractivity contribution in [2.24, 2.45) is 11.3 Å². The summed E-state index contributed by atoms with van der Waals surface area (Å²) in [5, 5.41) is 3.81. The van der Waals surface area contributed by atoms with Gasteiger partial charge in [-0.3, -0.25) is 0 Å². The molecule has 0 amide bonds. The van der Waals surface area contributed by atoms with Crippen LogP contribution in [-0.2, 0) is 0 Å². The van der Waals surface area contributed by atoms with Gasteiger partial charge in [0.15, 0.2) is 0 Å². The maximum absolute atomic E-state index is 3.81. The van der Waals surface area contributed by atoms with E-state index in [0.717, 1.165) is 12.0 Å². The van der Waals surface area contributed by atoms with E-state index < -0.39 is 0 Å². The van der Waals surface area contributed by atoms with Gasteiger partial charge in [-0.15, -0.1) is 0 Å². The Balaban J connectivity index is 2.31. The smallest absolute Gasteiger partial charge is 0.00746 e. The lowest BCUT2D eigenvalue weighted by Gasteiger charge is -2.37. The molecule has 1 nitrogen and oxygen atoms in total. The van der Waals surface area contributed by atoms with Crippen LogP contribution in [0.15, 0.2) is 0 Å². The molecule has 0 heterocycles. The normalized spacial score (nSPS) is 28.0. The minimum absolute atomic E-state index is 0.563. The maximum Gasteiger partial charge on any atom is 0.00746 e. The van der Waals surface area contributed by atoms with Crippen molar-refractivity contribution in [1.82, 2.24) is 5.32 Å². The van der Waals surface area contributed by atoms with Crippen LogP contribution < -0.4 is 5.32 Å². The van der Waals surface area contributed by atoms with Gasteiger partial charge in [0.1, 0.15) is 0 Å². The van der Waals surface area contributed by atoms with Crippen LogP contribution in [0.3, 0.4) is 0 Å². The molecule has 0 aliphatic heterocycles. The minimum Gasteiger partial charge on any atom is -0.311 e. The van der Waals surface area contributed by atoms with Crippen molar-refractivity contribution in [2.75, 3.05) is 0 Å². The molecule has 1 heteroatoms. The topological polar surface area (TPSA) is 12.0 Å². The number of rotatable bonds is 4. The third kappa shape index (κ3) is 5.01. The quantitative estimate of drug-likeness (QED) is 0.741. The Morgan fingerprint density at radius 3 is 2.47 bits per heavy atom. The summed E-state index contributed by atoms with van der Waals surface area (Å²) >= 11 is 0. The molecule has 1 aliphatic rings. The van der Waals surface area contributed by atoms with E-state index in [9.17, 15) is 0 Å². The molecule has 15 heavy (non-hydrogen) atoms. The van der Waals surface area contributed by atoms with Crippen molar-refractivity contribution >= 4 is 0 Å². The molecule has 0 aromatic carbocycles. The van der Waals surface area contributed by atoms with Crippen molar-refractivity contribution in [1.29, 1.82) is 0 Å². The predicted molar refractivity (Wildman–Crippen MR) is 68.1 cm³/mol. The summed E-state index contributed by atoms with van der Waals surface area (Å²) in [7, 11) is 0. The highest BCUT2D eigenvalue weighted by atomic mass is 14.9. The first-order valence-corrected chi connectivity index (χ1v) is 6.65. The molecule has 1 saturated carbocycles. The molecule has 0 radical (unpaired) electrons. The molecule has 0 bridgehead atoms. The first kappa shape index (κ1) is 13.0. The zero-order valence-electron chi connectivity index (χ0n) is 11.3. The van der Waals surface area contributed by atoms with Crippen LogP contribution in [0.1, 0.15) is 66.7 Å². The van der Waals surface area contributed by atoms with Crippen LogP contribution in [0.5, 0.6) is 0 Å². The predicted octanol–water partition coefficient (Wildman–Crippen LogP) is 3.98. The minimum atomic E-state index is 0.563. The van der Waals surface area contributed by atoms with Crippen LogP contribution in [-0.4, -0.2) is 12.1 Å². The van der Waals surface area contributed by atoms with Gasteiger partial charge in [0.05, 0.1) is 0 Å².